The molecule has 1 rings (SSSR count). The van der Waals surface area contributed by atoms with Crippen LogP contribution in [0.4, 0.5) is 11.5 Å². The standard InChI is InChI=1S/C9H16N4/c1-7(2)5-13(3)9-8(10)4-11-6-12-9/h4,6-7H,5,10H2,1-3H3. The van der Waals surface area contributed by atoms with E-state index >= 15 is 0 Å². The van der Waals surface area contributed by atoms with Crippen molar-refractivity contribution in [2.24, 2.45) is 5.92 Å². The Kier molecular flexibility index (Phi) is 3.06. The van der Waals surface area contributed by atoms with Crippen molar-refractivity contribution >= 4 is 11.5 Å². The number of nitrogens with two attached hydrogens (primary N) is 1. The van der Waals surface area contributed by atoms with Gasteiger partial charge in [0.1, 0.15) is 6.33 Å². The topological polar surface area (TPSA) is 55.0 Å². The number of aromatic nitrogens is 2. The summed E-state index contributed by atoms with van der Waals surface area (Å²) in [6.07, 6.45) is 3.14. The molecule has 0 aliphatic rings. The second kappa shape index (κ2) is 4.07. The van der Waals surface area contributed by atoms with Crippen LogP contribution in [0, 0.1) is 5.92 Å². The molecule has 0 bridgehead atoms. The third kappa shape index (κ3) is 2.57. The summed E-state index contributed by atoms with van der Waals surface area (Å²) in [4.78, 5) is 10.0. The number of nitrogen functional groups attached to an aromatic ring is 1. The fourth-order valence-corrected chi connectivity index (χ4v) is 1.29. The van der Waals surface area contributed by atoms with Gasteiger partial charge in [0.2, 0.25) is 0 Å². The van der Waals surface area contributed by atoms with Crippen molar-refractivity contribution in [1.29, 1.82) is 0 Å². The fraction of sp³-hybridized carbons (Fsp3) is 0.556. The van der Waals surface area contributed by atoms with E-state index in [-0.39, 0.29) is 0 Å². The second-order valence-electron chi connectivity index (χ2n) is 3.58. The summed E-state index contributed by atoms with van der Waals surface area (Å²) in [7, 11) is 1.98. The summed E-state index contributed by atoms with van der Waals surface area (Å²) in [5.74, 6) is 1.41. The molecule has 4 heteroatoms. The van der Waals surface area contributed by atoms with Gasteiger partial charge in [0.15, 0.2) is 5.82 Å². The first-order valence-corrected chi connectivity index (χ1v) is 4.38. The van der Waals surface area contributed by atoms with Crippen LogP contribution in [0.2, 0.25) is 0 Å². The average Bonchev–Trinajstić information content (AvgIpc) is 2.03. The third-order valence-electron chi connectivity index (χ3n) is 1.72. The van der Waals surface area contributed by atoms with E-state index in [0.717, 1.165) is 12.4 Å². The van der Waals surface area contributed by atoms with Gasteiger partial charge in [-0.3, -0.25) is 0 Å². The number of hydrogen-bond acceptors (Lipinski definition) is 4. The molecular formula is C9H16N4. The molecule has 0 aromatic carbocycles. The molecule has 1 heterocycles. The van der Waals surface area contributed by atoms with Gasteiger partial charge >= 0.3 is 0 Å². The highest BCUT2D eigenvalue weighted by atomic mass is 15.2. The lowest BCUT2D eigenvalue weighted by atomic mass is 10.2. The monoisotopic (exact) mass is 180 g/mol. The first kappa shape index (κ1) is 9.77. The Balaban J connectivity index is 2.76. The van der Waals surface area contributed by atoms with E-state index in [1.54, 1.807) is 6.20 Å². The predicted octanol–water partition coefficient (Wildman–Crippen LogP) is 1.15. The molecule has 0 saturated heterocycles. The normalized spacial score (nSPS) is 10.5. The minimum atomic E-state index is 0.597. The van der Waals surface area contributed by atoms with Gasteiger partial charge in [-0.2, -0.15) is 0 Å². The average molecular weight is 180 g/mol. The van der Waals surface area contributed by atoms with E-state index in [0.29, 0.717) is 11.6 Å². The molecule has 0 saturated carbocycles. The summed E-state index contributed by atoms with van der Waals surface area (Å²) < 4.78 is 0. The zero-order valence-corrected chi connectivity index (χ0v) is 8.36. The molecule has 0 fully saturated rings. The van der Waals surface area contributed by atoms with Crippen LogP contribution < -0.4 is 10.6 Å². The van der Waals surface area contributed by atoms with Crippen molar-refractivity contribution < 1.29 is 0 Å². The van der Waals surface area contributed by atoms with Crippen molar-refractivity contribution in [2.75, 3.05) is 24.2 Å². The van der Waals surface area contributed by atoms with Crippen LogP contribution in [-0.2, 0) is 0 Å². The van der Waals surface area contributed by atoms with Gasteiger partial charge in [-0.05, 0) is 5.92 Å². The highest BCUT2D eigenvalue weighted by Gasteiger charge is 2.07. The van der Waals surface area contributed by atoms with E-state index < -0.39 is 0 Å². The van der Waals surface area contributed by atoms with Crippen molar-refractivity contribution in [3.63, 3.8) is 0 Å². The van der Waals surface area contributed by atoms with Crippen LogP contribution in [0.3, 0.4) is 0 Å². The molecule has 72 valence electrons. The number of nitrogens with zero attached hydrogens (tertiary/aromatic N) is 3. The van der Waals surface area contributed by atoms with Crippen molar-refractivity contribution in [3.8, 4) is 0 Å². The maximum atomic E-state index is 5.73. The van der Waals surface area contributed by atoms with Crippen LogP contribution in [0.15, 0.2) is 12.5 Å². The molecule has 0 amide bonds. The van der Waals surface area contributed by atoms with Gasteiger partial charge in [-0.25, -0.2) is 9.97 Å². The van der Waals surface area contributed by atoms with Gasteiger partial charge in [0.05, 0.1) is 11.9 Å². The first-order valence-electron chi connectivity index (χ1n) is 4.38. The van der Waals surface area contributed by atoms with Crippen molar-refractivity contribution in [2.45, 2.75) is 13.8 Å². The molecule has 2 N–H and O–H groups in total. The lowest BCUT2D eigenvalue weighted by Gasteiger charge is -2.21. The summed E-state index contributed by atoms with van der Waals surface area (Å²) in [6, 6.07) is 0. The first-order chi connectivity index (χ1) is 6.11. The van der Waals surface area contributed by atoms with Gasteiger partial charge in [0.25, 0.3) is 0 Å². The maximum absolute atomic E-state index is 5.73. The van der Waals surface area contributed by atoms with Crippen LogP contribution >= 0.6 is 0 Å². The van der Waals surface area contributed by atoms with Crippen LogP contribution in [0.25, 0.3) is 0 Å². The van der Waals surface area contributed by atoms with E-state index in [9.17, 15) is 0 Å². The minimum absolute atomic E-state index is 0.597. The maximum Gasteiger partial charge on any atom is 0.154 e. The van der Waals surface area contributed by atoms with Gasteiger partial charge in [-0.15, -0.1) is 0 Å². The Bertz CT molecular complexity index is 272. The molecule has 0 spiro atoms. The Morgan fingerprint density at radius 2 is 2.23 bits per heavy atom. The number of anilines is 2. The molecular weight excluding hydrogens is 164 g/mol. The molecule has 4 nitrogen and oxygen atoms in total. The highest BCUT2D eigenvalue weighted by Crippen LogP contribution is 2.16. The zero-order valence-electron chi connectivity index (χ0n) is 8.36. The summed E-state index contributed by atoms with van der Waals surface area (Å²) in [5.41, 5.74) is 6.36. The smallest absolute Gasteiger partial charge is 0.154 e. The Hall–Kier alpha value is -1.32. The molecule has 0 aliphatic heterocycles. The summed E-state index contributed by atoms with van der Waals surface area (Å²) in [6.45, 7) is 5.27. The summed E-state index contributed by atoms with van der Waals surface area (Å²) >= 11 is 0. The fourth-order valence-electron chi connectivity index (χ4n) is 1.29. The largest absolute Gasteiger partial charge is 0.394 e. The second-order valence-corrected chi connectivity index (χ2v) is 3.58. The summed E-state index contributed by atoms with van der Waals surface area (Å²) in [5, 5.41) is 0. The molecule has 1 aromatic heterocycles. The van der Waals surface area contributed by atoms with Gasteiger partial charge in [-0.1, -0.05) is 13.8 Å². The Labute approximate surface area is 78.8 Å². The third-order valence-corrected chi connectivity index (χ3v) is 1.72. The van der Waals surface area contributed by atoms with Crippen LogP contribution in [-0.4, -0.2) is 23.6 Å². The number of rotatable bonds is 3. The minimum Gasteiger partial charge on any atom is -0.394 e. The SMILES string of the molecule is CC(C)CN(C)c1ncncc1N. The Morgan fingerprint density at radius 3 is 2.77 bits per heavy atom. The van der Waals surface area contributed by atoms with Crippen molar-refractivity contribution in [3.05, 3.63) is 12.5 Å². The molecule has 0 aliphatic carbocycles. The van der Waals surface area contributed by atoms with E-state index in [4.69, 9.17) is 5.73 Å². The van der Waals surface area contributed by atoms with Crippen LogP contribution in [0.5, 0.6) is 0 Å². The van der Waals surface area contributed by atoms with E-state index in [2.05, 4.69) is 23.8 Å². The predicted molar refractivity (Wildman–Crippen MR) is 54.6 cm³/mol. The van der Waals surface area contributed by atoms with Crippen LogP contribution in [0.1, 0.15) is 13.8 Å². The zero-order chi connectivity index (χ0) is 9.84. The lowest BCUT2D eigenvalue weighted by Crippen LogP contribution is -2.24. The molecule has 0 unspecified atom stereocenters. The number of hydrogen-bond donors (Lipinski definition) is 1. The highest BCUT2D eigenvalue weighted by molar-refractivity contribution is 5.60. The Morgan fingerprint density at radius 1 is 1.54 bits per heavy atom. The lowest BCUT2D eigenvalue weighted by molar-refractivity contribution is 0.635. The molecule has 0 radical (unpaired) electrons. The van der Waals surface area contributed by atoms with E-state index in [1.807, 2.05) is 11.9 Å². The molecule has 0 atom stereocenters. The quantitative estimate of drug-likeness (QED) is 0.758. The van der Waals surface area contributed by atoms with Gasteiger partial charge in [0, 0.05) is 13.6 Å². The van der Waals surface area contributed by atoms with Crippen molar-refractivity contribution in [1.82, 2.24) is 9.97 Å². The molecule has 13 heavy (non-hydrogen) atoms. The van der Waals surface area contributed by atoms with E-state index in [1.165, 1.54) is 6.33 Å². The molecule has 1 aromatic rings. The van der Waals surface area contributed by atoms with Gasteiger partial charge < -0.3 is 10.6 Å².